The van der Waals surface area contributed by atoms with Crippen molar-refractivity contribution in [2.45, 2.75) is 51.7 Å². The predicted octanol–water partition coefficient (Wildman–Crippen LogP) is 1.93. The van der Waals surface area contributed by atoms with Gasteiger partial charge in [0.05, 0.1) is 12.2 Å². The first-order chi connectivity index (χ1) is 5.72. The molecule has 3 atom stereocenters. The van der Waals surface area contributed by atoms with Gasteiger partial charge in [-0.05, 0) is 52.0 Å². The van der Waals surface area contributed by atoms with Crippen molar-refractivity contribution in [3.05, 3.63) is 0 Å². The lowest BCUT2D eigenvalue weighted by molar-refractivity contribution is -0.0535. The lowest BCUT2D eigenvalue weighted by Gasteiger charge is -2.32. The summed E-state index contributed by atoms with van der Waals surface area (Å²) < 4.78 is 5.67. The maximum absolute atomic E-state index is 5.67. The van der Waals surface area contributed by atoms with E-state index in [0.29, 0.717) is 12.2 Å². The van der Waals surface area contributed by atoms with E-state index in [0.717, 1.165) is 12.5 Å². The fraction of sp³-hybridized carbons (Fsp3) is 1.00. The molecular formula is C10H21NO. The average Bonchev–Trinajstić information content (AvgIpc) is 1.99. The molecule has 1 rings (SSSR count). The number of rotatable bonds is 3. The Bertz CT molecular complexity index is 117. The molecule has 0 saturated carbocycles. The van der Waals surface area contributed by atoms with Crippen LogP contribution in [-0.4, -0.2) is 18.8 Å². The molecule has 2 N–H and O–H groups in total. The Labute approximate surface area is 75.5 Å². The van der Waals surface area contributed by atoms with Crippen LogP contribution in [0.1, 0.15) is 39.5 Å². The SMILES string of the molecule is C[C@@H]1CC(CCCN)C[C@H](C)O1. The maximum Gasteiger partial charge on any atom is 0.0553 e. The molecule has 1 heterocycles. The molecule has 2 nitrogen and oxygen atoms in total. The first kappa shape index (κ1) is 10.0. The van der Waals surface area contributed by atoms with Crippen molar-refractivity contribution in [1.29, 1.82) is 0 Å². The summed E-state index contributed by atoms with van der Waals surface area (Å²) in [6, 6.07) is 0. The second kappa shape index (κ2) is 4.83. The third-order valence-electron chi connectivity index (χ3n) is 2.61. The number of nitrogens with two attached hydrogens (primary N) is 1. The summed E-state index contributed by atoms with van der Waals surface area (Å²) in [4.78, 5) is 0. The lowest BCUT2D eigenvalue weighted by atomic mass is 9.89. The molecule has 0 spiro atoms. The van der Waals surface area contributed by atoms with Gasteiger partial charge in [0.1, 0.15) is 0 Å². The minimum Gasteiger partial charge on any atom is -0.376 e. The monoisotopic (exact) mass is 171 g/mol. The number of hydrogen-bond donors (Lipinski definition) is 1. The lowest BCUT2D eigenvalue weighted by Crippen LogP contribution is -2.29. The molecule has 12 heavy (non-hydrogen) atoms. The molecule has 0 amide bonds. The zero-order chi connectivity index (χ0) is 8.97. The molecule has 72 valence electrons. The van der Waals surface area contributed by atoms with Gasteiger partial charge in [-0.3, -0.25) is 0 Å². The van der Waals surface area contributed by atoms with Gasteiger partial charge in [0.15, 0.2) is 0 Å². The Hall–Kier alpha value is -0.0800. The first-order valence-electron chi connectivity index (χ1n) is 5.08. The van der Waals surface area contributed by atoms with E-state index in [1.165, 1.54) is 25.7 Å². The Morgan fingerprint density at radius 2 is 1.83 bits per heavy atom. The molecule has 1 unspecified atom stereocenters. The average molecular weight is 171 g/mol. The summed E-state index contributed by atoms with van der Waals surface area (Å²) in [7, 11) is 0. The van der Waals surface area contributed by atoms with E-state index >= 15 is 0 Å². The molecular weight excluding hydrogens is 150 g/mol. The van der Waals surface area contributed by atoms with Gasteiger partial charge in [0.2, 0.25) is 0 Å². The van der Waals surface area contributed by atoms with Crippen molar-refractivity contribution < 1.29 is 4.74 Å². The van der Waals surface area contributed by atoms with Gasteiger partial charge in [-0.1, -0.05) is 0 Å². The van der Waals surface area contributed by atoms with Crippen molar-refractivity contribution in [3.8, 4) is 0 Å². The van der Waals surface area contributed by atoms with Gasteiger partial charge < -0.3 is 10.5 Å². The summed E-state index contributed by atoms with van der Waals surface area (Å²) in [5.41, 5.74) is 5.48. The predicted molar refractivity (Wildman–Crippen MR) is 51.0 cm³/mol. The number of hydrogen-bond acceptors (Lipinski definition) is 2. The van der Waals surface area contributed by atoms with Gasteiger partial charge in [0, 0.05) is 0 Å². The zero-order valence-corrected chi connectivity index (χ0v) is 8.25. The summed E-state index contributed by atoms with van der Waals surface area (Å²) in [6.07, 6.45) is 5.82. The van der Waals surface area contributed by atoms with Crippen molar-refractivity contribution in [3.63, 3.8) is 0 Å². The van der Waals surface area contributed by atoms with E-state index in [9.17, 15) is 0 Å². The van der Waals surface area contributed by atoms with Crippen LogP contribution >= 0.6 is 0 Å². The van der Waals surface area contributed by atoms with Crippen LogP contribution in [-0.2, 0) is 4.74 Å². The first-order valence-corrected chi connectivity index (χ1v) is 5.08. The fourth-order valence-electron chi connectivity index (χ4n) is 2.18. The molecule has 0 radical (unpaired) electrons. The molecule has 2 heteroatoms. The Balaban J connectivity index is 2.24. The molecule has 0 bridgehead atoms. The Morgan fingerprint density at radius 1 is 1.25 bits per heavy atom. The van der Waals surface area contributed by atoms with Crippen LogP contribution in [0.3, 0.4) is 0 Å². The van der Waals surface area contributed by atoms with E-state index < -0.39 is 0 Å². The van der Waals surface area contributed by atoms with Gasteiger partial charge in [-0.25, -0.2) is 0 Å². The highest BCUT2D eigenvalue weighted by molar-refractivity contribution is 4.73. The standard InChI is InChI=1S/C10H21NO/c1-8-6-10(4-3-5-11)7-9(2)12-8/h8-10H,3-7,11H2,1-2H3/t8-,9+,10?. The van der Waals surface area contributed by atoms with Crippen molar-refractivity contribution in [2.24, 2.45) is 11.7 Å². The zero-order valence-electron chi connectivity index (χ0n) is 8.25. The fourth-order valence-corrected chi connectivity index (χ4v) is 2.18. The quantitative estimate of drug-likeness (QED) is 0.704. The normalized spacial score (nSPS) is 36.8. The third kappa shape index (κ3) is 3.11. The molecule has 0 aromatic carbocycles. The number of ether oxygens (including phenoxy) is 1. The molecule has 1 aliphatic heterocycles. The van der Waals surface area contributed by atoms with Crippen LogP contribution in [0.25, 0.3) is 0 Å². The van der Waals surface area contributed by atoms with Gasteiger partial charge >= 0.3 is 0 Å². The van der Waals surface area contributed by atoms with E-state index in [-0.39, 0.29) is 0 Å². The highest BCUT2D eigenvalue weighted by atomic mass is 16.5. The highest BCUT2D eigenvalue weighted by Crippen LogP contribution is 2.27. The molecule has 0 aromatic heterocycles. The topological polar surface area (TPSA) is 35.2 Å². The van der Waals surface area contributed by atoms with E-state index in [2.05, 4.69) is 13.8 Å². The van der Waals surface area contributed by atoms with Crippen LogP contribution < -0.4 is 5.73 Å². The van der Waals surface area contributed by atoms with Crippen LogP contribution in [0.4, 0.5) is 0 Å². The molecule has 1 fully saturated rings. The summed E-state index contributed by atoms with van der Waals surface area (Å²) in [5, 5.41) is 0. The molecule has 0 aliphatic carbocycles. The molecule has 0 aromatic rings. The van der Waals surface area contributed by atoms with Crippen LogP contribution in [0, 0.1) is 5.92 Å². The summed E-state index contributed by atoms with van der Waals surface area (Å²) in [6.45, 7) is 5.18. The Morgan fingerprint density at radius 3 is 2.33 bits per heavy atom. The van der Waals surface area contributed by atoms with Crippen LogP contribution in [0.15, 0.2) is 0 Å². The largest absolute Gasteiger partial charge is 0.376 e. The van der Waals surface area contributed by atoms with Crippen LogP contribution in [0.5, 0.6) is 0 Å². The smallest absolute Gasteiger partial charge is 0.0553 e. The van der Waals surface area contributed by atoms with Crippen molar-refractivity contribution >= 4 is 0 Å². The van der Waals surface area contributed by atoms with Gasteiger partial charge in [-0.15, -0.1) is 0 Å². The van der Waals surface area contributed by atoms with Crippen molar-refractivity contribution in [2.75, 3.05) is 6.54 Å². The van der Waals surface area contributed by atoms with Gasteiger partial charge in [-0.2, -0.15) is 0 Å². The van der Waals surface area contributed by atoms with Crippen LogP contribution in [0.2, 0.25) is 0 Å². The second-order valence-electron chi connectivity index (χ2n) is 4.03. The van der Waals surface area contributed by atoms with Crippen molar-refractivity contribution in [1.82, 2.24) is 0 Å². The van der Waals surface area contributed by atoms with Gasteiger partial charge in [0.25, 0.3) is 0 Å². The Kier molecular flexibility index (Phi) is 4.02. The van der Waals surface area contributed by atoms with E-state index in [1.54, 1.807) is 0 Å². The van der Waals surface area contributed by atoms with E-state index in [4.69, 9.17) is 10.5 Å². The van der Waals surface area contributed by atoms with E-state index in [1.807, 2.05) is 0 Å². The minimum atomic E-state index is 0.455. The second-order valence-corrected chi connectivity index (χ2v) is 4.03. The molecule has 1 aliphatic rings. The highest BCUT2D eigenvalue weighted by Gasteiger charge is 2.23. The molecule has 1 saturated heterocycles. The minimum absolute atomic E-state index is 0.455. The third-order valence-corrected chi connectivity index (χ3v) is 2.61. The summed E-state index contributed by atoms with van der Waals surface area (Å²) >= 11 is 0. The summed E-state index contributed by atoms with van der Waals surface area (Å²) in [5.74, 6) is 0.854. The maximum atomic E-state index is 5.67.